The number of likely N-dealkylation sites (tertiary alicyclic amines) is 1. The Morgan fingerprint density at radius 3 is 2.54 bits per heavy atom. The summed E-state index contributed by atoms with van der Waals surface area (Å²) < 4.78 is 26.9. The van der Waals surface area contributed by atoms with Gasteiger partial charge >= 0.3 is 5.97 Å². The fraction of sp³-hybridized carbons (Fsp3) is 0.556. The van der Waals surface area contributed by atoms with Crippen LogP contribution in [0.2, 0.25) is 0 Å². The topological polar surface area (TPSA) is 95.0 Å². The van der Waals surface area contributed by atoms with Gasteiger partial charge in [-0.1, -0.05) is 29.8 Å². The molecule has 1 amide bonds. The van der Waals surface area contributed by atoms with Crippen molar-refractivity contribution in [2.45, 2.75) is 37.5 Å². The van der Waals surface area contributed by atoms with Gasteiger partial charge in [0.05, 0.1) is 17.2 Å². The number of hydrogen-bond acceptors (Lipinski definition) is 4. The zero-order valence-electron chi connectivity index (χ0n) is 15.0. The molecule has 1 atom stereocenters. The Hall–Kier alpha value is -1.93. The van der Waals surface area contributed by atoms with Crippen LogP contribution in [0.5, 0.6) is 0 Å². The number of aliphatic carboxylic acids is 1. The second-order valence-electron chi connectivity index (χ2n) is 7.30. The first-order valence-electron chi connectivity index (χ1n) is 8.68. The highest BCUT2D eigenvalue weighted by molar-refractivity contribution is 7.88. The minimum absolute atomic E-state index is 0.0120. The average molecular weight is 380 g/mol. The second-order valence-corrected chi connectivity index (χ2v) is 9.26. The normalized spacial score (nSPS) is 23.5. The van der Waals surface area contributed by atoms with Crippen LogP contribution in [0.3, 0.4) is 0 Å². The van der Waals surface area contributed by atoms with E-state index < -0.39 is 27.4 Å². The number of carbonyl (C=O) groups excluding carboxylic acids is 1. The lowest BCUT2D eigenvalue weighted by molar-refractivity contribution is -0.145. The van der Waals surface area contributed by atoms with E-state index in [1.165, 1.54) is 9.21 Å². The molecule has 0 bridgehead atoms. The van der Waals surface area contributed by atoms with Crippen LogP contribution in [0, 0.1) is 12.8 Å². The molecule has 1 aromatic carbocycles. The van der Waals surface area contributed by atoms with Crippen molar-refractivity contribution >= 4 is 21.9 Å². The van der Waals surface area contributed by atoms with E-state index in [2.05, 4.69) is 0 Å². The summed E-state index contributed by atoms with van der Waals surface area (Å²) in [5.74, 6) is -2.02. The smallest absolute Gasteiger partial charge is 0.309 e. The van der Waals surface area contributed by atoms with E-state index in [1.54, 1.807) is 13.1 Å². The number of carboxylic acids is 1. The molecule has 142 valence electrons. The maximum Gasteiger partial charge on any atom is 0.309 e. The van der Waals surface area contributed by atoms with Crippen LogP contribution in [-0.4, -0.2) is 60.3 Å². The number of sulfonamides is 1. The molecule has 0 radical (unpaired) electrons. The summed E-state index contributed by atoms with van der Waals surface area (Å²) in [6, 6.07) is 7.40. The Bertz CT molecular complexity index is 828. The van der Waals surface area contributed by atoms with Crippen molar-refractivity contribution in [3.8, 4) is 0 Å². The van der Waals surface area contributed by atoms with Gasteiger partial charge in [0.15, 0.2) is 0 Å². The standard InChI is InChI=1S/C18H24N2O5S/c1-13-4-3-5-14(10-13)12-26(24,25)20-8-6-18(7-9-20)15(17(22)23)11-16(21)19(18)2/h3-5,10,15H,6-9,11-12H2,1-2H3,(H,22,23)/t15-/m1/s1. The van der Waals surface area contributed by atoms with Crippen LogP contribution in [0.1, 0.15) is 30.4 Å². The molecule has 3 rings (SSSR count). The SMILES string of the molecule is Cc1cccc(CS(=O)(=O)N2CCC3(CC2)[C@@H](C(=O)O)CC(=O)N3C)c1. The van der Waals surface area contributed by atoms with E-state index in [0.29, 0.717) is 12.8 Å². The van der Waals surface area contributed by atoms with Gasteiger partial charge in [-0.15, -0.1) is 0 Å². The predicted octanol–water partition coefficient (Wildman–Crippen LogP) is 1.22. The highest BCUT2D eigenvalue weighted by atomic mass is 32.2. The van der Waals surface area contributed by atoms with Gasteiger partial charge in [-0.3, -0.25) is 9.59 Å². The molecule has 1 spiro atoms. The molecule has 0 aromatic heterocycles. The Balaban J connectivity index is 1.75. The van der Waals surface area contributed by atoms with Crippen molar-refractivity contribution in [2.24, 2.45) is 5.92 Å². The maximum atomic E-state index is 12.8. The van der Waals surface area contributed by atoms with E-state index in [4.69, 9.17) is 0 Å². The fourth-order valence-electron chi connectivity index (χ4n) is 4.24. The number of benzene rings is 1. The van der Waals surface area contributed by atoms with Crippen molar-refractivity contribution < 1.29 is 23.1 Å². The lowest BCUT2D eigenvalue weighted by Gasteiger charge is -2.45. The molecule has 0 aliphatic carbocycles. The molecule has 1 aromatic rings. The fourth-order valence-corrected chi connectivity index (χ4v) is 5.76. The maximum absolute atomic E-state index is 12.8. The third-order valence-corrected chi connectivity index (χ3v) is 7.63. The summed E-state index contributed by atoms with van der Waals surface area (Å²) in [5.41, 5.74) is 0.964. The monoisotopic (exact) mass is 380 g/mol. The zero-order chi connectivity index (χ0) is 19.1. The molecule has 2 heterocycles. The third kappa shape index (κ3) is 3.23. The molecule has 2 aliphatic rings. The predicted molar refractivity (Wildman–Crippen MR) is 95.9 cm³/mol. The van der Waals surface area contributed by atoms with Crippen LogP contribution in [0.15, 0.2) is 24.3 Å². The molecule has 0 saturated carbocycles. The highest BCUT2D eigenvalue weighted by Gasteiger charge is 2.56. The number of hydrogen-bond donors (Lipinski definition) is 1. The molecule has 2 saturated heterocycles. The van der Waals surface area contributed by atoms with Crippen molar-refractivity contribution in [2.75, 3.05) is 20.1 Å². The van der Waals surface area contributed by atoms with E-state index in [0.717, 1.165) is 11.1 Å². The summed E-state index contributed by atoms with van der Waals surface area (Å²) in [5, 5.41) is 9.50. The van der Waals surface area contributed by atoms with E-state index in [9.17, 15) is 23.1 Å². The first kappa shape index (κ1) is 18.8. The number of amides is 1. The lowest BCUT2D eigenvalue weighted by Crippen LogP contribution is -2.57. The number of nitrogens with zero attached hydrogens (tertiary/aromatic N) is 2. The van der Waals surface area contributed by atoms with E-state index in [-0.39, 0.29) is 31.2 Å². The molecule has 7 nitrogen and oxygen atoms in total. The van der Waals surface area contributed by atoms with Gasteiger partial charge in [-0.05, 0) is 25.3 Å². The Kier molecular flexibility index (Phi) is 4.83. The van der Waals surface area contributed by atoms with Crippen molar-refractivity contribution in [1.29, 1.82) is 0 Å². The Morgan fingerprint density at radius 2 is 1.96 bits per heavy atom. The number of carbonyl (C=O) groups is 2. The molecule has 26 heavy (non-hydrogen) atoms. The quantitative estimate of drug-likeness (QED) is 0.848. The van der Waals surface area contributed by atoms with Gasteiger partial charge in [0, 0.05) is 26.6 Å². The zero-order valence-corrected chi connectivity index (χ0v) is 15.8. The molecule has 2 fully saturated rings. The number of carboxylic acid groups (broad SMARTS) is 1. The largest absolute Gasteiger partial charge is 0.481 e. The van der Waals surface area contributed by atoms with Gasteiger partial charge in [0.2, 0.25) is 15.9 Å². The van der Waals surface area contributed by atoms with Crippen molar-refractivity contribution in [3.63, 3.8) is 0 Å². The van der Waals surface area contributed by atoms with Gasteiger partial charge in [-0.2, -0.15) is 0 Å². The summed E-state index contributed by atoms with van der Waals surface area (Å²) >= 11 is 0. The summed E-state index contributed by atoms with van der Waals surface area (Å²) in [6.45, 7) is 2.38. The van der Waals surface area contributed by atoms with Crippen LogP contribution < -0.4 is 0 Å². The first-order valence-corrected chi connectivity index (χ1v) is 10.3. The molecular weight excluding hydrogens is 356 g/mol. The van der Waals surface area contributed by atoms with Crippen LogP contribution in [-0.2, 0) is 25.4 Å². The number of aryl methyl sites for hydroxylation is 1. The van der Waals surface area contributed by atoms with Crippen molar-refractivity contribution in [3.05, 3.63) is 35.4 Å². The Morgan fingerprint density at radius 1 is 1.31 bits per heavy atom. The molecule has 2 aliphatic heterocycles. The van der Waals surface area contributed by atoms with E-state index in [1.807, 2.05) is 25.1 Å². The average Bonchev–Trinajstić information content (AvgIpc) is 2.80. The molecule has 1 N–H and O–H groups in total. The van der Waals surface area contributed by atoms with E-state index >= 15 is 0 Å². The van der Waals surface area contributed by atoms with Gasteiger partial charge in [0.25, 0.3) is 0 Å². The van der Waals surface area contributed by atoms with Crippen LogP contribution in [0.25, 0.3) is 0 Å². The van der Waals surface area contributed by atoms with Crippen molar-refractivity contribution in [1.82, 2.24) is 9.21 Å². The minimum Gasteiger partial charge on any atom is -0.481 e. The summed E-state index contributed by atoms with van der Waals surface area (Å²) in [6.07, 6.45) is 0.681. The second kappa shape index (κ2) is 6.66. The van der Waals surface area contributed by atoms with Crippen LogP contribution in [0.4, 0.5) is 0 Å². The number of rotatable bonds is 4. The summed E-state index contributed by atoms with van der Waals surface area (Å²) in [7, 11) is -1.86. The van der Waals surface area contributed by atoms with Gasteiger partial charge in [-0.25, -0.2) is 12.7 Å². The molecule has 8 heteroatoms. The van der Waals surface area contributed by atoms with Gasteiger partial charge < -0.3 is 10.0 Å². The molecule has 0 unspecified atom stereocenters. The first-order chi connectivity index (χ1) is 12.2. The summed E-state index contributed by atoms with van der Waals surface area (Å²) in [4.78, 5) is 25.2. The highest BCUT2D eigenvalue weighted by Crippen LogP contribution is 2.43. The molecular formula is C18H24N2O5S. The lowest BCUT2D eigenvalue weighted by atomic mass is 9.77. The third-order valence-electron chi connectivity index (χ3n) is 5.78. The minimum atomic E-state index is -3.49. The van der Waals surface area contributed by atoms with Gasteiger partial charge in [0.1, 0.15) is 0 Å². The van der Waals surface area contributed by atoms with Crippen LogP contribution >= 0.6 is 0 Å². The number of piperidine rings is 1. The Labute approximate surface area is 153 Å².